The molecule has 0 radical (unpaired) electrons. The molecule has 0 saturated carbocycles. The summed E-state index contributed by atoms with van der Waals surface area (Å²) in [6.07, 6.45) is 3.30. The molecule has 1 aliphatic rings. The number of amides is 1. The first kappa shape index (κ1) is 25.5. The lowest BCUT2D eigenvalue weighted by molar-refractivity contribution is -0.0908. The number of fused-ring (bicyclic) bond motifs is 1. The molecule has 3 N–H and O–H groups in total. The number of hydrogen-bond donors (Lipinski definition) is 2. The van der Waals surface area contributed by atoms with Gasteiger partial charge in [-0.3, -0.25) is 4.90 Å². The van der Waals surface area contributed by atoms with Crippen LogP contribution in [0.3, 0.4) is 0 Å². The smallest absolute Gasteiger partial charge is 0.412 e. The molecule has 4 aromatic rings. The van der Waals surface area contributed by atoms with Crippen molar-refractivity contribution in [3.05, 3.63) is 72.7 Å². The Morgan fingerprint density at radius 1 is 1.13 bits per heavy atom. The predicted octanol–water partition coefficient (Wildman–Crippen LogP) is 5.15. The van der Waals surface area contributed by atoms with Crippen LogP contribution < -0.4 is 10.5 Å². The van der Waals surface area contributed by atoms with Crippen molar-refractivity contribution in [1.82, 2.24) is 19.4 Å². The standard InChI is InChI=1S/C29H33N5O4/c1-28(2,3)38-27(35)34-15-14-23(29(34,4)36)33-16-22(24-25(30)31-18-32-26(24)33)20-10-12-21(13-11-20)37-17-19-8-6-5-7-9-19/h5-13,16,18,23,36H,14-15,17H2,1-4H3,(H2,30,31,32). The van der Waals surface area contributed by atoms with E-state index in [1.165, 1.54) is 11.2 Å². The summed E-state index contributed by atoms with van der Waals surface area (Å²) in [6, 6.07) is 17.3. The molecule has 198 valence electrons. The quantitative estimate of drug-likeness (QED) is 0.378. The number of rotatable bonds is 5. The van der Waals surface area contributed by atoms with Gasteiger partial charge in [0.15, 0.2) is 5.72 Å². The normalized spacial score (nSPS) is 19.6. The summed E-state index contributed by atoms with van der Waals surface area (Å²) in [6.45, 7) is 7.86. The van der Waals surface area contributed by atoms with Crippen molar-refractivity contribution in [1.29, 1.82) is 0 Å². The molecule has 0 aliphatic carbocycles. The van der Waals surface area contributed by atoms with Crippen LogP contribution >= 0.6 is 0 Å². The zero-order chi connectivity index (χ0) is 27.1. The highest BCUT2D eigenvalue weighted by Crippen LogP contribution is 2.42. The molecular formula is C29H33N5O4. The SMILES string of the molecule is CC(C)(C)OC(=O)N1CCC(n2cc(-c3ccc(OCc4ccccc4)cc3)c3c(N)ncnc32)C1(C)O. The van der Waals surface area contributed by atoms with E-state index in [1.807, 2.05) is 65.4 Å². The molecule has 5 rings (SSSR count). The number of nitrogens with two attached hydrogens (primary N) is 1. The van der Waals surface area contributed by atoms with Crippen molar-refractivity contribution < 1.29 is 19.4 Å². The van der Waals surface area contributed by atoms with Gasteiger partial charge in [0.05, 0.1) is 11.4 Å². The number of anilines is 1. The van der Waals surface area contributed by atoms with Gasteiger partial charge >= 0.3 is 6.09 Å². The number of likely N-dealkylation sites (tertiary alicyclic amines) is 1. The minimum atomic E-state index is -1.50. The maximum Gasteiger partial charge on any atom is 0.412 e. The van der Waals surface area contributed by atoms with Crippen LogP contribution in [0, 0.1) is 0 Å². The molecule has 1 fully saturated rings. The monoisotopic (exact) mass is 515 g/mol. The van der Waals surface area contributed by atoms with E-state index < -0.39 is 23.5 Å². The first-order valence-corrected chi connectivity index (χ1v) is 12.7. The zero-order valence-corrected chi connectivity index (χ0v) is 22.1. The largest absolute Gasteiger partial charge is 0.489 e. The van der Waals surface area contributed by atoms with E-state index in [0.29, 0.717) is 36.4 Å². The Labute approximate surface area is 221 Å². The van der Waals surface area contributed by atoms with E-state index in [1.54, 1.807) is 27.7 Å². The lowest BCUT2D eigenvalue weighted by Crippen LogP contribution is -2.50. The van der Waals surface area contributed by atoms with Crippen molar-refractivity contribution in [3.8, 4) is 16.9 Å². The van der Waals surface area contributed by atoms with E-state index in [0.717, 1.165) is 22.4 Å². The fourth-order valence-corrected chi connectivity index (χ4v) is 4.96. The van der Waals surface area contributed by atoms with Gasteiger partial charge in [0, 0.05) is 18.3 Å². The zero-order valence-electron chi connectivity index (χ0n) is 22.1. The molecule has 2 unspecified atom stereocenters. The fourth-order valence-electron chi connectivity index (χ4n) is 4.96. The first-order valence-electron chi connectivity index (χ1n) is 12.7. The number of ether oxygens (including phenoxy) is 2. The fraction of sp³-hybridized carbons (Fsp3) is 0.345. The van der Waals surface area contributed by atoms with Crippen LogP contribution in [0.15, 0.2) is 67.1 Å². The van der Waals surface area contributed by atoms with Gasteiger partial charge in [-0.05, 0) is 57.4 Å². The third-order valence-corrected chi connectivity index (χ3v) is 6.81. The predicted molar refractivity (Wildman–Crippen MR) is 145 cm³/mol. The number of benzene rings is 2. The van der Waals surface area contributed by atoms with Crippen LogP contribution in [0.2, 0.25) is 0 Å². The third-order valence-electron chi connectivity index (χ3n) is 6.81. The minimum absolute atomic E-state index is 0.342. The summed E-state index contributed by atoms with van der Waals surface area (Å²) in [5.41, 5.74) is 7.58. The first-order chi connectivity index (χ1) is 18.0. The van der Waals surface area contributed by atoms with Crippen LogP contribution in [0.1, 0.15) is 45.7 Å². The second-order valence-corrected chi connectivity index (χ2v) is 10.7. The average Bonchev–Trinajstić information content (AvgIpc) is 3.40. The molecule has 9 nitrogen and oxygen atoms in total. The number of carbonyl (C=O) groups is 1. The van der Waals surface area contributed by atoms with Gasteiger partial charge < -0.3 is 24.9 Å². The summed E-state index contributed by atoms with van der Waals surface area (Å²) in [7, 11) is 0. The molecule has 1 saturated heterocycles. The molecule has 2 atom stereocenters. The highest BCUT2D eigenvalue weighted by atomic mass is 16.6. The van der Waals surface area contributed by atoms with Crippen LogP contribution in [0.4, 0.5) is 10.6 Å². The number of aliphatic hydroxyl groups is 1. The Balaban J connectivity index is 1.45. The van der Waals surface area contributed by atoms with E-state index in [4.69, 9.17) is 15.2 Å². The third kappa shape index (κ3) is 4.89. The minimum Gasteiger partial charge on any atom is -0.489 e. The van der Waals surface area contributed by atoms with Gasteiger partial charge in [0.1, 0.15) is 35.7 Å². The molecular weight excluding hydrogens is 482 g/mol. The Hall–Kier alpha value is -4.11. The summed E-state index contributed by atoms with van der Waals surface area (Å²) in [5.74, 6) is 1.09. The van der Waals surface area contributed by atoms with Gasteiger partial charge in [-0.2, -0.15) is 0 Å². The Bertz CT molecular complexity index is 1440. The lowest BCUT2D eigenvalue weighted by Gasteiger charge is -2.35. The van der Waals surface area contributed by atoms with Crippen LogP contribution in [0.5, 0.6) is 5.75 Å². The van der Waals surface area contributed by atoms with E-state index in [-0.39, 0.29) is 0 Å². The molecule has 38 heavy (non-hydrogen) atoms. The summed E-state index contributed by atoms with van der Waals surface area (Å²) in [4.78, 5) is 22.9. The number of aromatic nitrogens is 3. The summed E-state index contributed by atoms with van der Waals surface area (Å²) in [5, 5.41) is 12.2. The van der Waals surface area contributed by atoms with E-state index in [9.17, 15) is 9.90 Å². The average molecular weight is 516 g/mol. The molecule has 2 aromatic heterocycles. The second-order valence-electron chi connectivity index (χ2n) is 10.7. The van der Waals surface area contributed by atoms with Crippen molar-refractivity contribution >= 4 is 22.9 Å². The molecule has 3 heterocycles. The highest BCUT2D eigenvalue weighted by molar-refractivity contribution is 6.00. The van der Waals surface area contributed by atoms with E-state index >= 15 is 0 Å². The van der Waals surface area contributed by atoms with Gasteiger partial charge in [-0.25, -0.2) is 14.8 Å². The Morgan fingerprint density at radius 3 is 2.53 bits per heavy atom. The molecule has 1 amide bonds. The Morgan fingerprint density at radius 2 is 1.84 bits per heavy atom. The summed E-state index contributed by atoms with van der Waals surface area (Å²) < 4.78 is 13.4. The van der Waals surface area contributed by atoms with Crippen molar-refractivity contribution in [3.63, 3.8) is 0 Å². The topological polar surface area (TPSA) is 116 Å². The van der Waals surface area contributed by atoms with Gasteiger partial charge in [0.25, 0.3) is 0 Å². The van der Waals surface area contributed by atoms with Crippen molar-refractivity contribution in [2.75, 3.05) is 12.3 Å². The Kier molecular flexibility index (Phi) is 6.48. The van der Waals surface area contributed by atoms with Crippen LogP contribution in [-0.2, 0) is 11.3 Å². The van der Waals surface area contributed by atoms with Gasteiger partial charge in [0.2, 0.25) is 0 Å². The highest BCUT2D eigenvalue weighted by Gasteiger charge is 2.49. The molecule has 2 aromatic carbocycles. The maximum atomic E-state index is 12.9. The van der Waals surface area contributed by atoms with Crippen LogP contribution in [-0.4, -0.2) is 48.5 Å². The van der Waals surface area contributed by atoms with Gasteiger partial charge in [-0.15, -0.1) is 0 Å². The maximum absolute atomic E-state index is 12.9. The second kappa shape index (κ2) is 9.64. The molecule has 9 heteroatoms. The molecule has 0 bridgehead atoms. The number of carbonyl (C=O) groups excluding carboxylic acids is 1. The number of nitrogen functional groups attached to an aromatic ring is 1. The molecule has 0 spiro atoms. The number of hydrogen-bond acceptors (Lipinski definition) is 7. The molecule has 1 aliphatic heterocycles. The van der Waals surface area contributed by atoms with Crippen LogP contribution in [0.25, 0.3) is 22.2 Å². The lowest BCUT2D eigenvalue weighted by atomic mass is 10.1. The van der Waals surface area contributed by atoms with Crippen molar-refractivity contribution in [2.24, 2.45) is 0 Å². The van der Waals surface area contributed by atoms with Gasteiger partial charge in [-0.1, -0.05) is 42.5 Å². The van der Waals surface area contributed by atoms with Crippen molar-refractivity contribution in [2.45, 2.75) is 58.1 Å². The number of nitrogens with zero attached hydrogens (tertiary/aromatic N) is 4. The summed E-state index contributed by atoms with van der Waals surface area (Å²) >= 11 is 0. The van der Waals surface area contributed by atoms with E-state index in [2.05, 4.69) is 9.97 Å².